The summed E-state index contributed by atoms with van der Waals surface area (Å²) >= 11 is 1.24. The first-order chi connectivity index (χ1) is 10.7. The smallest absolute Gasteiger partial charge is 0.335 e. The molecular weight excluding hydrogens is 346 g/mol. The van der Waals surface area contributed by atoms with Gasteiger partial charge < -0.3 is 5.11 Å². The van der Waals surface area contributed by atoms with Crippen molar-refractivity contribution in [1.29, 1.82) is 0 Å². The summed E-state index contributed by atoms with van der Waals surface area (Å²) in [5.41, 5.74) is -1.10. The molecule has 2 rings (SSSR count). The summed E-state index contributed by atoms with van der Waals surface area (Å²) in [5, 5.41) is 22.0. The summed E-state index contributed by atoms with van der Waals surface area (Å²) in [6, 6.07) is 1.81. The number of carboxylic acid groups (broad SMARTS) is 1. The fourth-order valence-electron chi connectivity index (χ4n) is 1.77. The van der Waals surface area contributed by atoms with Crippen molar-refractivity contribution in [3.63, 3.8) is 0 Å². The molecule has 0 fully saturated rings. The quantitative estimate of drug-likeness (QED) is 0.593. The molecular formula is C12H11N3O6S2. The highest BCUT2D eigenvalue weighted by Gasteiger charge is 2.24. The SMILES string of the molecule is CC(NS(=O)(=O)c1cc(C(=O)O)cc([N+](=O)[O-])c1)c1nccs1. The molecule has 0 amide bonds. The third-order valence-corrected chi connectivity index (χ3v) is 5.29. The van der Waals surface area contributed by atoms with Gasteiger partial charge in [0, 0.05) is 23.7 Å². The van der Waals surface area contributed by atoms with Gasteiger partial charge in [-0.15, -0.1) is 11.3 Å². The van der Waals surface area contributed by atoms with E-state index >= 15 is 0 Å². The number of rotatable bonds is 6. The zero-order chi connectivity index (χ0) is 17.2. The zero-order valence-electron chi connectivity index (χ0n) is 11.7. The zero-order valence-corrected chi connectivity index (χ0v) is 13.3. The second-order valence-electron chi connectivity index (χ2n) is 4.49. The molecule has 0 aliphatic rings. The van der Waals surface area contributed by atoms with Crippen molar-refractivity contribution in [3.8, 4) is 0 Å². The highest BCUT2D eigenvalue weighted by atomic mass is 32.2. The first kappa shape index (κ1) is 17.0. The van der Waals surface area contributed by atoms with E-state index in [1.807, 2.05) is 0 Å². The molecule has 122 valence electrons. The topological polar surface area (TPSA) is 140 Å². The average Bonchev–Trinajstić information content (AvgIpc) is 3.00. The Kier molecular flexibility index (Phi) is 4.73. The third-order valence-electron chi connectivity index (χ3n) is 2.81. The molecule has 0 bridgehead atoms. The van der Waals surface area contributed by atoms with Crippen molar-refractivity contribution in [1.82, 2.24) is 9.71 Å². The lowest BCUT2D eigenvalue weighted by Crippen LogP contribution is -2.27. The number of hydrogen-bond donors (Lipinski definition) is 2. The van der Waals surface area contributed by atoms with E-state index in [2.05, 4.69) is 9.71 Å². The average molecular weight is 357 g/mol. The standard InChI is InChI=1S/C12H11N3O6S2/c1-7(11-13-2-3-22-11)14-23(20,21)10-5-8(12(16)17)4-9(6-10)15(18)19/h2-7,14H,1H3,(H,16,17). The predicted octanol–water partition coefficient (Wildman–Crippen LogP) is 1.79. The highest BCUT2D eigenvalue weighted by molar-refractivity contribution is 7.89. The highest BCUT2D eigenvalue weighted by Crippen LogP contribution is 2.23. The van der Waals surface area contributed by atoms with Crippen LogP contribution in [-0.4, -0.2) is 29.4 Å². The summed E-state index contributed by atoms with van der Waals surface area (Å²) in [4.78, 5) is 24.5. The molecule has 9 nitrogen and oxygen atoms in total. The van der Waals surface area contributed by atoms with Crippen molar-refractivity contribution >= 4 is 33.0 Å². The van der Waals surface area contributed by atoms with Gasteiger partial charge in [-0.3, -0.25) is 10.1 Å². The van der Waals surface area contributed by atoms with Crippen LogP contribution in [0.5, 0.6) is 0 Å². The number of nitro benzene ring substituents is 1. The molecule has 0 aliphatic carbocycles. The fourth-order valence-corrected chi connectivity index (χ4v) is 3.76. The van der Waals surface area contributed by atoms with E-state index in [-0.39, 0.29) is 0 Å². The number of thiazole rings is 1. The number of sulfonamides is 1. The Hall–Kier alpha value is -2.37. The van der Waals surface area contributed by atoms with E-state index in [1.54, 1.807) is 12.3 Å². The molecule has 0 spiro atoms. The first-order valence-corrected chi connectivity index (χ1v) is 8.51. The first-order valence-electron chi connectivity index (χ1n) is 6.15. The molecule has 1 aromatic heterocycles. The van der Waals surface area contributed by atoms with Crippen LogP contribution in [0, 0.1) is 10.1 Å². The van der Waals surface area contributed by atoms with Gasteiger partial charge in [0.05, 0.1) is 21.4 Å². The van der Waals surface area contributed by atoms with Crippen molar-refractivity contribution in [3.05, 3.63) is 50.5 Å². The van der Waals surface area contributed by atoms with Gasteiger partial charge >= 0.3 is 5.97 Å². The lowest BCUT2D eigenvalue weighted by molar-refractivity contribution is -0.385. The van der Waals surface area contributed by atoms with E-state index in [0.29, 0.717) is 5.01 Å². The molecule has 1 aromatic carbocycles. The summed E-state index contributed by atoms with van der Waals surface area (Å²) in [7, 11) is -4.15. The summed E-state index contributed by atoms with van der Waals surface area (Å²) in [6.45, 7) is 1.56. The number of nitrogens with one attached hydrogen (secondary N) is 1. The number of nitro groups is 1. The van der Waals surface area contributed by atoms with Gasteiger partial charge in [-0.1, -0.05) is 0 Å². The Morgan fingerprint density at radius 2 is 2.13 bits per heavy atom. The van der Waals surface area contributed by atoms with Gasteiger partial charge in [-0.25, -0.2) is 22.9 Å². The third kappa shape index (κ3) is 3.88. The number of aromatic carboxylic acids is 1. The summed E-state index contributed by atoms with van der Waals surface area (Å²) < 4.78 is 27.0. The van der Waals surface area contributed by atoms with Crippen molar-refractivity contribution < 1.29 is 23.2 Å². The number of carboxylic acids is 1. The lowest BCUT2D eigenvalue weighted by atomic mass is 10.2. The van der Waals surface area contributed by atoms with Crippen LogP contribution in [0.2, 0.25) is 0 Å². The fraction of sp³-hybridized carbons (Fsp3) is 0.167. The van der Waals surface area contributed by atoms with Gasteiger partial charge in [0.1, 0.15) is 5.01 Å². The number of aromatic nitrogens is 1. The van der Waals surface area contributed by atoms with Crippen LogP contribution in [0.3, 0.4) is 0 Å². The Bertz CT molecular complexity index is 815. The van der Waals surface area contributed by atoms with Crippen LogP contribution in [0.4, 0.5) is 5.69 Å². The van der Waals surface area contributed by atoms with Crippen LogP contribution in [0.15, 0.2) is 34.7 Å². The van der Waals surface area contributed by atoms with Crippen LogP contribution in [0.1, 0.15) is 28.3 Å². The maximum atomic E-state index is 12.3. The molecule has 0 saturated carbocycles. The van der Waals surface area contributed by atoms with Crippen LogP contribution >= 0.6 is 11.3 Å². The summed E-state index contributed by atoms with van der Waals surface area (Å²) in [5.74, 6) is -1.46. The minimum Gasteiger partial charge on any atom is -0.478 e. The largest absolute Gasteiger partial charge is 0.478 e. The van der Waals surface area contributed by atoms with E-state index in [4.69, 9.17) is 5.11 Å². The number of non-ortho nitro benzene ring substituents is 1. The molecule has 0 saturated heterocycles. The molecule has 2 N–H and O–H groups in total. The molecule has 11 heteroatoms. The molecule has 0 aliphatic heterocycles. The molecule has 23 heavy (non-hydrogen) atoms. The Morgan fingerprint density at radius 3 is 2.65 bits per heavy atom. The van der Waals surface area contributed by atoms with Crippen LogP contribution in [0.25, 0.3) is 0 Å². The normalized spacial score (nSPS) is 12.7. The van der Waals surface area contributed by atoms with Gasteiger partial charge in [0.15, 0.2) is 0 Å². The van der Waals surface area contributed by atoms with E-state index in [9.17, 15) is 23.3 Å². The molecule has 1 atom stereocenters. The molecule has 0 radical (unpaired) electrons. The van der Waals surface area contributed by atoms with E-state index in [1.165, 1.54) is 17.5 Å². The van der Waals surface area contributed by atoms with E-state index < -0.39 is 43.1 Å². The number of carbonyl (C=O) groups is 1. The minimum atomic E-state index is -4.15. The van der Waals surface area contributed by atoms with Crippen molar-refractivity contribution in [2.24, 2.45) is 0 Å². The summed E-state index contributed by atoms with van der Waals surface area (Å²) in [6.07, 6.45) is 1.51. The van der Waals surface area contributed by atoms with Gasteiger partial charge in [-0.05, 0) is 13.0 Å². The minimum absolute atomic E-state index is 0.485. The van der Waals surface area contributed by atoms with Crippen molar-refractivity contribution in [2.45, 2.75) is 17.9 Å². The molecule has 1 unspecified atom stereocenters. The van der Waals surface area contributed by atoms with Crippen LogP contribution in [-0.2, 0) is 10.0 Å². The Balaban J connectivity index is 2.42. The molecule has 2 aromatic rings. The Morgan fingerprint density at radius 1 is 1.43 bits per heavy atom. The van der Waals surface area contributed by atoms with Crippen LogP contribution < -0.4 is 4.72 Å². The van der Waals surface area contributed by atoms with Crippen molar-refractivity contribution in [2.75, 3.05) is 0 Å². The number of hydrogen-bond acceptors (Lipinski definition) is 7. The number of benzene rings is 1. The Labute approximate surface area is 134 Å². The maximum Gasteiger partial charge on any atom is 0.335 e. The van der Waals surface area contributed by atoms with Gasteiger partial charge in [-0.2, -0.15) is 0 Å². The second kappa shape index (κ2) is 6.40. The number of nitrogens with zero attached hydrogens (tertiary/aromatic N) is 2. The molecule has 1 heterocycles. The lowest BCUT2D eigenvalue weighted by Gasteiger charge is -2.12. The second-order valence-corrected chi connectivity index (χ2v) is 7.13. The predicted molar refractivity (Wildman–Crippen MR) is 80.9 cm³/mol. The monoisotopic (exact) mass is 357 g/mol. The van der Waals surface area contributed by atoms with Gasteiger partial charge in [0.25, 0.3) is 5.69 Å². The van der Waals surface area contributed by atoms with E-state index in [0.717, 1.165) is 18.2 Å². The maximum absolute atomic E-state index is 12.3. The van der Waals surface area contributed by atoms with Gasteiger partial charge in [0.2, 0.25) is 10.0 Å².